The van der Waals surface area contributed by atoms with E-state index in [0.29, 0.717) is 17.4 Å². The molecule has 0 radical (unpaired) electrons. The highest BCUT2D eigenvalue weighted by Gasteiger charge is 1.99. The number of nitrogens with zero attached hydrogens (tertiary/aromatic N) is 2. The smallest absolute Gasteiger partial charge is 0.215 e. The van der Waals surface area contributed by atoms with Crippen molar-refractivity contribution in [3.8, 4) is 5.88 Å². The number of ether oxygens (including phenoxy) is 1. The van der Waals surface area contributed by atoms with Gasteiger partial charge in [-0.05, 0) is 12.5 Å². The largest absolute Gasteiger partial charge is 0.481 e. The Morgan fingerprint density at radius 2 is 2.38 bits per heavy atom. The summed E-state index contributed by atoms with van der Waals surface area (Å²) in [4.78, 5) is 8.12. The van der Waals surface area contributed by atoms with Crippen LogP contribution in [-0.4, -0.2) is 18.3 Å². The van der Waals surface area contributed by atoms with Crippen molar-refractivity contribution in [1.82, 2.24) is 4.98 Å². The van der Waals surface area contributed by atoms with E-state index >= 15 is 0 Å². The van der Waals surface area contributed by atoms with E-state index in [1.165, 1.54) is 0 Å². The summed E-state index contributed by atoms with van der Waals surface area (Å²) in [7, 11) is 1.55. The predicted octanol–water partition coefficient (Wildman–Crippen LogP) is 1.78. The molecule has 1 aromatic heterocycles. The maximum absolute atomic E-state index is 5.63. The van der Waals surface area contributed by atoms with E-state index < -0.39 is 0 Å². The standard InChI is InChI=1S/C9H13N3O/c1-3-6-11-7-4-5-8(13-2)12-9(7)10/h4-6H,3H2,1-2H3,(H2,10,12). The molecule has 0 unspecified atom stereocenters. The number of hydrogen-bond acceptors (Lipinski definition) is 4. The van der Waals surface area contributed by atoms with Gasteiger partial charge in [0.25, 0.3) is 0 Å². The number of pyridine rings is 1. The lowest BCUT2D eigenvalue weighted by Crippen LogP contribution is -1.93. The summed E-state index contributed by atoms with van der Waals surface area (Å²) in [5.41, 5.74) is 6.32. The first kappa shape index (κ1) is 9.51. The van der Waals surface area contributed by atoms with Crippen LogP contribution in [0.15, 0.2) is 17.1 Å². The minimum absolute atomic E-state index is 0.393. The van der Waals surface area contributed by atoms with E-state index in [1.807, 2.05) is 6.92 Å². The lowest BCUT2D eigenvalue weighted by atomic mass is 10.4. The van der Waals surface area contributed by atoms with E-state index in [9.17, 15) is 0 Å². The molecule has 0 aliphatic carbocycles. The van der Waals surface area contributed by atoms with Crippen LogP contribution >= 0.6 is 0 Å². The van der Waals surface area contributed by atoms with Gasteiger partial charge in [-0.25, -0.2) is 0 Å². The van der Waals surface area contributed by atoms with Crippen molar-refractivity contribution in [2.24, 2.45) is 4.99 Å². The Labute approximate surface area is 77.5 Å². The molecule has 4 nitrogen and oxygen atoms in total. The molecule has 0 aromatic carbocycles. The van der Waals surface area contributed by atoms with Gasteiger partial charge in [0.2, 0.25) is 5.88 Å². The summed E-state index contributed by atoms with van der Waals surface area (Å²) in [6, 6.07) is 3.52. The number of hydrogen-bond donors (Lipinski definition) is 1. The molecule has 1 aromatic rings. The van der Waals surface area contributed by atoms with Gasteiger partial charge >= 0.3 is 0 Å². The Bertz CT molecular complexity index is 310. The Morgan fingerprint density at radius 1 is 1.62 bits per heavy atom. The van der Waals surface area contributed by atoms with Crippen LogP contribution in [0.25, 0.3) is 0 Å². The van der Waals surface area contributed by atoms with Gasteiger partial charge in [-0.15, -0.1) is 0 Å². The van der Waals surface area contributed by atoms with Gasteiger partial charge in [-0.2, -0.15) is 4.98 Å². The van der Waals surface area contributed by atoms with Gasteiger partial charge in [0.05, 0.1) is 7.11 Å². The fourth-order valence-electron chi connectivity index (χ4n) is 0.861. The van der Waals surface area contributed by atoms with Crippen LogP contribution in [0.5, 0.6) is 5.88 Å². The number of nitrogen functional groups attached to an aromatic ring is 1. The van der Waals surface area contributed by atoms with E-state index in [0.717, 1.165) is 6.42 Å². The molecule has 0 spiro atoms. The summed E-state index contributed by atoms with van der Waals surface area (Å²) < 4.78 is 4.91. The van der Waals surface area contributed by atoms with Crippen LogP contribution < -0.4 is 10.5 Å². The minimum atomic E-state index is 0.393. The second kappa shape index (κ2) is 4.45. The van der Waals surface area contributed by atoms with E-state index in [4.69, 9.17) is 10.5 Å². The van der Waals surface area contributed by atoms with E-state index in [1.54, 1.807) is 25.5 Å². The lowest BCUT2D eigenvalue weighted by Gasteiger charge is -2.01. The van der Waals surface area contributed by atoms with Crippen LogP contribution in [0.3, 0.4) is 0 Å². The first-order chi connectivity index (χ1) is 6.27. The fraction of sp³-hybridized carbons (Fsp3) is 0.333. The average molecular weight is 179 g/mol. The molecular weight excluding hydrogens is 166 g/mol. The number of methoxy groups -OCH3 is 1. The Kier molecular flexibility index (Phi) is 3.25. The molecule has 1 rings (SSSR count). The summed E-state index contributed by atoms with van der Waals surface area (Å²) in [5.74, 6) is 0.900. The maximum atomic E-state index is 5.63. The maximum Gasteiger partial charge on any atom is 0.215 e. The number of rotatable bonds is 3. The first-order valence-electron chi connectivity index (χ1n) is 4.11. The molecule has 0 aliphatic rings. The normalized spacial score (nSPS) is 10.6. The van der Waals surface area contributed by atoms with Crippen molar-refractivity contribution < 1.29 is 4.74 Å². The highest BCUT2D eigenvalue weighted by atomic mass is 16.5. The Morgan fingerprint density at radius 3 is 2.92 bits per heavy atom. The van der Waals surface area contributed by atoms with Gasteiger partial charge in [0.15, 0.2) is 5.82 Å². The zero-order chi connectivity index (χ0) is 9.68. The quantitative estimate of drug-likeness (QED) is 0.719. The van der Waals surface area contributed by atoms with E-state index in [2.05, 4.69) is 9.98 Å². The molecule has 0 saturated carbocycles. The molecule has 0 fully saturated rings. The molecule has 70 valence electrons. The van der Waals surface area contributed by atoms with Gasteiger partial charge in [0, 0.05) is 12.3 Å². The van der Waals surface area contributed by atoms with Crippen molar-refractivity contribution >= 4 is 17.7 Å². The molecule has 13 heavy (non-hydrogen) atoms. The molecule has 2 N–H and O–H groups in total. The monoisotopic (exact) mass is 179 g/mol. The number of aliphatic imine (C=N–C) groups is 1. The van der Waals surface area contributed by atoms with Crippen molar-refractivity contribution in [2.75, 3.05) is 12.8 Å². The molecule has 1 heterocycles. The molecule has 0 saturated heterocycles. The summed E-state index contributed by atoms with van der Waals surface area (Å²) >= 11 is 0. The van der Waals surface area contributed by atoms with Gasteiger partial charge in [-0.3, -0.25) is 4.99 Å². The Balaban J connectivity index is 2.91. The van der Waals surface area contributed by atoms with Crippen molar-refractivity contribution in [3.05, 3.63) is 12.1 Å². The second-order valence-corrected chi connectivity index (χ2v) is 2.48. The van der Waals surface area contributed by atoms with Crippen LogP contribution in [0, 0.1) is 0 Å². The minimum Gasteiger partial charge on any atom is -0.481 e. The first-order valence-corrected chi connectivity index (χ1v) is 4.11. The number of nitrogens with two attached hydrogens (primary N) is 1. The van der Waals surface area contributed by atoms with Crippen molar-refractivity contribution in [3.63, 3.8) is 0 Å². The topological polar surface area (TPSA) is 60.5 Å². The van der Waals surface area contributed by atoms with Crippen LogP contribution in [0.1, 0.15) is 13.3 Å². The third kappa shape index (κ3) is 2.43. The zero-order valence-electron chi connectivity index (χ0n) is 7.82. The molecular formula is C9H13N3O. The second-order valence-electron chi connectivity index (χ2n) is 2.48. The number of anilines is 1. The zero-order valence-corrected chi connectivity index (χ0v) is 7.82. The highest BCUT2D eigenvalue weighted by Crippen LogP contribution is 2.22. The fourth-order valence-corrected chi connectivity index (χ4v) is 0.861. The van der Waals surface area contributed by atoms with Gasteiger partial charge in [-0.1, -0.05) is 6.92 Å². The number of aromatic nitrogens is 1. The molecule has 0 bridgehead atoms. The molecule has 0 atom stereocenters. The summed E-state index contributed by atoms with van der Waals surface area (Å²) in [5, 5.41) is 0. The summed E-state index contributed by atoms with van der Waals surface area (Å²) in [6.45, 7) is 2.01. The van der Waals surface area contributed by atoms with Gasteiger partial charge < -0.3 is 10.5 Å². The third-order valence-corrected chi connectivity index (χ3v) is 1.50. The van der Waals surface area contributed by atoms with Gasteiger partial charge in [0.1, 0.15) is 5.69 Å². The third-order valence-electron chi connectivity index (χ3n) is 1.50. The molecule has 0 aliphatic heterocycles. The predicted molar refractivity (Wildman–Crippen MR) is 53.6 cm³/mol. The molecule has 4 heteroatoms. The lowest BCUT2D eigenvalue weighted by molar-refractivity contribution is 0.398. The van der Waals surface area contributed by atoms with E-state index in [-0.39, 0.29) is 0 Å². The molecule has 0 amide bonds. The Hall–Kier alpha value is -1.58. The summed E-state index contributed by atoms with van der Waals surface area (Å²) in [6.07, 6.45) is 2.67. The van der Waals surface area contributed by atoms with Crippen LogP contribution in [0.2, 0.25) is 0 Å². The van der Waals surface area contributed by atoms with Crippen molar-refractivity contribution in [1.29, 1.82) is 0 Å². The van der Waals surface area contributed by atoms with Crippen molar-refractivity contribution in [2.45, 2.75) is 13.3 Å². The van der Waals surface area contributed by atoms with Crippen LogP contribution in [-0.2, 0) is 0 Å². The SMILES string of the molecule is CCC=Nc1ccc(OC)nc1N. The average Bonchev–Trinajstić information content (AvgIpc) is 2.16. The van der Waals surface area contributed by atoms with Crippen LogP contribution in [0.4, 0.5) is 11.5 Å². The highest BCUT2D eigenvalue weighted by molar-refractivity contribution is 5.68.